The van der Waals surface area contributed by atoms with Crippen molar-refractivity contribution in [2.75, 3.05) is 0 Å². The van der Waals surface area contributed by atoms with Crippen LogP contribution in [0.3, 0.4) is 0 Å². The van der Waals surface area contributed by atoms with E-state index >= 15 is 0 Å². The molecular weight excluding hydrogens is 152 g/mol. The van der Waals surface area contributed by atoms with Crippen LogP contribution in [-0.4, -0.2) is 16.3 Å². The Kier molecular flexibility index (Phi) is 3.38. The summed E-state index contributed by atoms with van der Waals surface area (Å²) in [5.74, 6) is 0.765. The van der Waals surface area contributed by atoms with Gasteiger partial charge >= 0.3 is 0 Å². The summed E-state index contributed by atoms with van der Waals surface area (Å²) in [6.07, 6.45) is 5.42. The van der Waals surface area contributed by atoms with Gasteiger partial charge in [-0.1, -0.05) is 13.3 Å². The first kappa shape index (κ1) is 8.84. The van der Waals surface area contributed by atoms with Gasteiger partial charge in [-0.3, -0.25) is 4.79 Å². The molecule has 0 atom stereocenters. The van der Waals surface area contributed by atoms with Crippen LogP contribution in [0.4, 0.5) is 0 Å². The zero-order valence-electron chi connectivity index (χ0n) is 7.16. The maximum atomic E-state index is 10.3. The van der Waals surface area contributed by atoms with Crippen molar-refractivity contribution in [2.24, 2.45) is 0 Å². The van der Waals surface area contributed by atoms with E-state index in [1.165, 1.54) is 0 Å². The van der Waals surface area contributed by atoms with Crippen LogP contribution in [-0.2, 0) is 6.42 Å². The lowest BCUT2D eigenvalue weighted by Crippen LogP contribution is -1.97. The molecule has 3 nitrogen and oxygen atoms in total. The van der Waals surface area contributed by atoms with Gasteiger partial charge in [0, 0.05) is 12.6 Å². The Morgan fingerprint density at radius 2 is 2.42 bits per heavy atom. The molecule has 0 radical (unpaired) electrons. The topological polar surface area (TPSA) is 42.9 Å². The van der Waals surface area contributed by atoms with Crippen molar-refractivity contribution in [3.63, 3.8) is 0 Å². The van der Waals surface area contributed by atoms with Crippen molar-refractivity contribution in [3.8, 4) is 0 Å². The number of aryl methyl sites for hydroxylation is 1. The predicted molar refractivity (Wildman–Crippen MR) is 46.0 cm³/mol. The minimum Gasteiger partial charge on any atom is -0.296 e. The highest BCUT2D eigenvalue weighted by atomic mass is 16.1. The van der Waals surface area contributed by atoms with Crippen molar-refractivity contribution in [1.82, 2.24) is 9.97 Å². The van der Waals surface area contributed by atoms with E-state index in [1.807, 2.05) is 0 Å². The van der Waals surface area contributed by atoms with Gasteiger partial charge in [0.15, 0.2) is 6.29 Å². The van der Waals surface area contributed by atoms with E-state index in [9.17, 15) is 4.79 Å². The van der Waals surface area contributed by atoms with Gasteiger partial charge in [-0.05, 0) is 12.5 Å². The van der Waals surface area contributed by atoms with E-state index in [0.29, 0.717) is 5.69 Å². The van der Waals surface area contributed by atoms with Gasteiger partial charge in [0.2, 0.25) is 0 Å². The summed E-state index contributed by atoms with van der Waals surface area (Å²) in [6.45, 7) is 2.11. The first-order valence-corrected chi connectivity index (χ1v) is 4.14. The molecule has 64 valence electrons. The quantitative estimate of drug-likeness (QED) is 0.635. The van der Waals surface area contributed by atoms with Crippen LogP contribution in [0.5, 0.6) is 0 Å². The van der Waals surface area contributed by atoms with E-state index in [-0.39, 0.29) is 0 Å². The average Bonchev–Trinajstić information content (AvgIpc) is 2.15. The Labute approximate surface area is 71.9 Å². The van der Waals surface area contributed by atoms with E-state index in [1.54, 1.807) is 12.3 Å². The van der Waals surface area contributed by atoms with Gasteiger partial charge < -0.3 is 0 Å². The maximum Gasteiger partial charge on any atom is 0.168 e. The Bertz CT molecular complexity index is 260. The number of aromatic nitrogens is 2. The third kappa shape index (κ3) is 2.42. The lowest BCUT2D eigenvalue weighted by atomic mass is 10.2. The molecule has 1 heterocycles. The second kappa shape index (κ2) is 4.59. The lowest BCUT2D eigenvalue weighted by Gasteiger charge is -1.97. The van der Waals surface area contributed by atoms with Crippen LogP contribution in [0, 0.1) is 0 Å². The predicted octanol–water partition coefficient (Wildman–Crippen LogP) is 1.63. The molecule has 0 aliphatic heterocycles. The van der Waals surface area contributed by atoms with Gasteiger partial charge in [-0.2, -0.15) is 0 Å². The standard InChI is InChI=1S/C9H12N2O/c1-2-3-4-9-10-6-5-8(7-12)11-9/h5-7H,2-4H2,1H3. The van der Waals surface area contributed by atoms with Crippen molar-refractivity contribution in [3.05, 3.63) is 23.8 Å². The van der Waals surface area contributed by atoms with E-state index < -0.39 is 0 Å². The molecule has 0 spiro atoms. The smallest absolute Gasteiger partial charge is 0.168 e. The summed E-state index contributed by atoms with van der Waals surface area (Å²) < 4.78 is 0. The summed E-state index contributed by atoms with van der Waals surface area (Å²) in [7, 11) is 0. The molecule has 0 aliphatic carbocycles. The summed E-state index contributed by atoms with van der Waals surface area (Å²) in [6, 6.07) is 1.61. The minimum absolute atomic E-state index is 0.469. The molecule has 1 rings (SSSR count). The number of aldehydes is 1. The summed E-state index contributed by atoms with van der Waals surface area (Å²) >= 11 is 0. The summed E-state index contributed by atoms with van der Waals surface area (Å²) in [5.41, 5.74) is 0.469. The van der Waals surface area contributed by atoms with Crippen LogP contribution in [0.25, 0.3) is 0 Å². The fraction of sp³-hybridized carbons (Fsp3) is 0.444. The second-order valence-electron chi connectivity index (χ2n) is 2.62. The number of hydrogen-bond donors (Lipinski definition) is 0. The lowest BCUT2D eigenvalue weighted by molar-refractivity contribution is 0.111. The molecule has 0 bridgehead atoms. The second-order valence-corrected chi connectivity index (χ2v) is 2.62. The van der Waals surface area contributed by atoms with Gasteiger partial charge in [0.1, 0.15) is 11.5 Å². The monoisotopic (exact) mass is 164 g/mol. The molecule has 0 N–H and O–H groups in total. The molecule has 12 heavy (non-hydrogen) atoms. The molecule has 1 aromatic heterocycles. The highest BCUT2D eigenvalue weighted by molar-refractivity contribution is 5.71. The van der Waals surface area contributed by atoms with Crippen LogP contribution in [0.2, 0.25) is 0 Å². The molecule has 0 amide bonds. The van der Waals surface area contributed by atoms with Crippen molar-refractivity contribution in [2.45, 2.75) is 26.2 Å². The number of hydrogen-bond acceptors (Lipinski definition) is 3. The van der Waals surface area contributed by atoms with Crippen LogP contribution >= 0.6 is 0 Å². The molecule has 0 unspecified atom stereocenters. The number of carbonyl (C=O) groups excluding carboxylic acids is 1. The van der Waals surface area contributed by atoms with Gasteiger partial charge in [0.25, 0.3) is 0 Å². The van der Waals surface area contributed by atoms with E-state index in [0.717, 1.165) is 31.4 Å². The Hall–Kier alpha value is -1.25. The summed E-state index contributed by atoms with van der Waals surface area (Å²) in [5, 5.41) is 0. The fourth-order valence-corrected chi connectivity index (χ4v) is 0.936. The minimum atomic E-state index is 0.469. The highest BCUT2D eigenvalue weighted by Gasteiger charge is 1.96. The normalized spacial score (nSPS) is 9.75. The zero-order valence-corrected chi connectivity index (χ0v) is 7.16. The van der Waals surface area contributed by atoms with Crippen molar-refractivity contribution >= 4 is 6.29 Å². The third-order valence-corrected chi connectivity index (χ3v) is 1.60. The van der Waals surface area contributed by atoms with Crippen LogP contribution < -0.4 is 0 Å². The first-order valence-electron chi connectivity index (χ1n) is 4.14. The molecule has 0 fully saturated rings. The molecule has 0 aromatic carbocycles. The SMILES string of the molecule is CCCCc1nccc(C=O)n1. The van der Waals surface area contributed by atoms with Crippen LogP contribution in [0.1, 0.15) is 36.1 Å². The number of nitrogens with zero attached hydrogens (tertiary/aromatic N) is 2. The van der Waals surface area contributed by atoms with Crippen LogP contribution in [0.15, 0.2) is 12.3 Å². The first-order chi connectivity index (χ1) is 5.86. The Morgan fingerprint density at radius 3 is 3.08 bits per heavy atom. The Morgan fingerprint density at radius 1 is 1.58 bits per heavy atom. The largest absolute Gasteiger partial charge is 0.296 e. The number of carbonyl (C=O) groups is 1. The third-order valence-electron chi connectivity index (χ3n) is 1.60. The zero-order chi connectivity index (χ0) is 8.81. The van der Waals surface area contributed by atoms with E-state index in [4.69, 9.17) is 0 Å². The summed E-state index contributed by atoms with van der Waals surface area (Å²) in [4.78, 5) is 18.4. The molecule has 0 saturated heterocycles. The fourth-order valence-electron chi connectivity index (χ4n) is 0.936. The highest BCUT2D eigenvalue weighted by Crippen LogP contribution is 1.98. The Balaban J connectivity index is 2.66. The molecule has 0 saturated carbocycles. The molecule has 3 heteroatoms. The number of unbranched alkanes of at least 4 members (excludes halogenated alkanes) is 1. The number of rotatable bonds is 4. The molecule has 0 aliphatic rings. The van der Waals surface area contributed by atoms with Gasteiger partial charge in [-0.25, -0.2) is 9.97 Å². The van der Waals surface area contributed by atoms with Gasteiger partial charge in [0.05, 0.1) is 0 Å². The average molecular weight is 164 g/mol. The molecule has 1 aromatic rings. The maximum absolute atomic E-state index is 10.3. The van der Waals surface area contributed by atoms with E-state index in [2.05, 4.69) is 16.9 Å². The van der Waals surface area contributed by atoms with Gasteiger partial charge in [-0.15, -0.1) is 0 Å². The van der Waals surface area contributed by atoms with Crippen molar-refractivity contribution in [1.29, 1.82) is 0 Å². The molecular formula is C9H12N2O. The van der Waals surface area contributed by atoms with Crippen molar-refractivity contribution < 1.29 is 4.79 Å².